The molecular formula is C19H21F3N2O4S. The number of thiazole rings is 1. The third kappa shape index (κ3) is 4.88. The number of benzene rings is 1. The van der Waals surface area contributed by atoms with Gasteiger partial charge in [0.25, 0.3) is 0 Å². The van der Waals surface area contributed by atoms with Crippen LogP contribution in [0, 0.1) is 0 Å². The van der Waals surface area contributed by atoms with Gasteiger partial charge in [-0.15, -0.1) is 11.3 Å². The molecule has 0 saturated carbocycles. The van der Waals surface area contributed by atoms with Crippen molar-refractivity contribution in [2.45, 2.75) is 37.9 Å². The van der Waals surface area contributed by atoms with E-state index in [1.807, 2.05) is 31.2 Å². The zero-order chi connectivity index (χ0) is 21.2. The molecule has 1 aliphatic heterocycles. The lowest BCUT2D eigenvalue weighted by Crippen LogP contribution is -2.44. The summed E-state index contributed by atoms with van der Waals surface area (Å²) in [6.45, 7) is 2.16. The van der Waals surface area contributed by atoms with E-state index in [4.69, 9.17) is 14.2 Å². The maximum atomic E-state index is 12.9. The number of esters is 1. The van der Waals surface area contributed by atoms with Crippen molar-refractivity contribution in [2.24, 2.45) is 0 Å². The van der Waals surface area contributed by atoms with Crippen molar-refractivity contribution in [3.05, 3.63) is 45.9 Å². The molecule has 3 atom stereocenters. The lowest BCUT2D eigenvalue weighted by molar-refractivity contribution is -0.162. The summed E-state index contributed by atoms with van der Waals surface area (Å²) in [5.41, 5.74) is 1.19. The Morgan fingerprint density at radius 1 is 1.34 bits per heavy atom. The van der Waals surface area contributed by atoms with Crippen molar-refractivity contribution in [1.82, 2.24) is 9.88 Å². The molecule has 2 heterocycles. The molecule has 0 aliphatic carbocycles. The zero-order valence-corrected chi connectivity index (χ0v) is 16.9. The van der Waals surface area contributed by atoms with Crippen molar-refractivity contribution >= 4 is 17.3 Å². The first kappa shape index (κ1) is 21.5. The van der Waals surface area contributed by atoms with Crippen molar-refractivity contribution in [3.63, 3.8) is 0 Å². The second kappa shape index (κ2) is 8.68. The van der Waals surface area contributed by atoms with Crippen LogP contribution in [0.2, 0.25) is 0 Å². The fourth-order valence-electron chi connectivity index (χ4n) is 3.21. The van der Waals surface area contributed by atoms with Crippen LogP contribution in [0.4, 0.5) is 13.2 Å². The predicted octanol–water partition coefficient (Wildman–Crippen LogP) is 3.67. The van der Waals surface area contributed by atoms with Crippen LogP contribution in [-0.4, -0.2) is 48.9 Å². The smallest absolute Gasteiger partial charge is 0.443 e. The van der Waals surface area contributed by atoms with E-state index in [-0.39, 0.29) is 18.3 Å². The summed E-state index contributed by atoms with van der Waals surface area (Å²) in [5, 5.41) is 0.384. The van der Waals surface area contributed by atoms with Gasteiger partial charge in [-0.25, -0.2) is 9.78 Å². The lowest BCUT2D eigenvalue weighted by atomic mass is 10.1. The van der Waals surface area contributed by atoms with Crippen LogP contribution < -0.4 is 4.74 Å². The van der Waals surface area contributed by atoms with Crippen molar-refractivity contribution < 1.29 is 32.2 Å². The van der Waals surface area contributed by atoms with Crippen LogP contribution >= 0.6 is 11.3 Å². The van der Waals surface area contributed by atoms with E-state index < -0.39 is 29.5 Å². The summed E-state index contributed by atoms with van der Waals surface area (Å²) < 4.78 is 54.3. The second-order valence-electron chi connectivity index (χ2n) is 6.67. The van der Waals surface area contributed by atoms with Gasteiger partial charge in [-0.05, 0) is 31.0 Å². The molecule has 10 heteroatoms. The fraction of sp³-hybridized carbons (Fsp3) is 0.474. The molecule has 1 saturated heterocycles. The van der Waals surface area contributed by atoms with Gasteiger partial charge in [0, 0.05) is 18.0 Å². The Bertz CT molecular complexity index is 841. The van der Waals surface area contributed by atoms with Gasteiger partial charge in [0.2, 0.25) is 6.23 Å². The van der Waals surface area contributed by atoms with Gasteiger partial charge in [0.15, 0.2) is 5.01 Å². The lowest BCUT2D eigenvalue weighted by Gasteiger charge is -2.27. The van der Waals surface area contributed by atoms with Gasteiger partial charge in [0.1, 0.15) is 11.9 Å². The van der Waals surface area contributed by atoms with E-state index in [1.54, 1.807) is 12.0 Å². The number of alkyl halides is 3. The Morgan fingerprint density at radius 3 is 2.59 bits per heavy atom. The first-order valence-electron chi connectivity index (χ1n) is 8.87. The molecule has 6 nitrogen and oxygen atoms in total. The zero-order valence-electron chi connectivity index (χ0n) is 16.1. The molecule has 1 fully saturated rings. The third-order valence-electron chi connectivity index (χ3n) is 4.72. The topological polar surface area (TPSA) is 60.9 Å². The molecule has 3 unspecified atom stereocenters. The highest BCUT2D eigenvalue weighted by atomic mass is 32.1. The minimum atomic E-state index is -4.51. The summed E-state index contributed by atoms with van der Waals surface area (Å²) in [4.78, 5) is 17.6. The Hall–Kier alpha value is -2.17. The molecular weight excluding hydrogens is 409 g/mol. The molecule has 158 valence electrons. The quantitative estimate of drug-likeness (QED) is 0.652. The highest BCUT2D eigenvalue weighted by molar-refractivity contribution is 7.09. The first-order chi connectivity index (χ1) is 13.7. The summed E-state index contributed by atoms with van der Waals surface area (Å²) >= 11 is 0.512. The van der Waals surface area contributed by atoms with Crippen LogP contribution in [0.25, 0.3) is 0 Å². The molecule has 0 bridgehead atoms. The molecule has 2 aromatic rings. The third-order valence-corrected chi connectivity index (χ3v) is 5.63. The van der Waals surface area contributed by atoms with Crippen LogP contribution in [0.15, 0.2) is 29.6 Å². The number of nitrogens with zero attached hydrogens (tertiary/aromatic N) is 2. The molecule has 1 aliphatic rings. The second-order valence-corrected chi connectivity index (χ2v) is 7.53. The normalized spacial score (nSPS) is 21.2. The molecule has 1 aromatic carbocycles. The number of methoxy groups -OCH3 is 2. The molecule has 3 rings (SSSR count). The van der Waals surface area contributed by atoms with Crippen molar-refractivity contribution in [3.8, 4) is 5.75 Å². The minimum absolute atomic E-state index is 0.127. The Balaban J connectivity index is 1.76. The summed E-state index contributed by atoms with van der Waals surface area (Å²) in [6, 6.07) is 7.41. The highest BCUT2D eigenvalue weighted by Gasteiger charge is 2.43. The van der Waals surface area contributed by atoms with Crippen LogP contribution in [0.3, 0.4) is 0 Å². The first-order valence-corrected chi connectivity index (χ1v) is 9.75. The molecule has 0 spiro atoms. The number of ether oxygens (including phenoxy) is 3. The summed E-state index contributed by atoms with van der Waals surface area (Å²) in [5.74, 6) is 0.141. The average molecular weight is 430 g/mol. The van der Waals surface area contributed by atoms with Gasteiger partial charge < -0.3 is 14.2 Å². The molecule has 0 radical (unpaired) electrons. The average Bonchev–Trinajstić information content (AvgIpc) is 3.35. The Morgan fingerprint density at radius 2 is 2.03 bits per heavy atom. The number of hydrogen-bond donors (Lipinski definition) is 0. The van der Waals surface area contributed by atoms with Gasteiger partial charge in [-0.2, -0.15) is 13.2 Å². The van der Waals surface area contributed by atoms with Gasteiger partial charge >= 0.3 is 12.1 Å². The van der Waals surface area contributed by atoms with E-state index in [2.05, 4.69) is 4.98 Å². The maximum absolute atomic E-state index is 12.9. The Kier molecular flexibility index (Phi) is 6.45. The van der Waals surface area contributed by atoms with Crippen LogP contribution in [-0.2, 0) is 26.9 Å². The monoisotopic (exact) mass is 430 g/mol. The number of carbonyl (C=O) groups excluding carboxylic acids is 1. The maximum Gasteiger partial charge on any atom is 0.443 e. The van der Waals surface area contributed by atoms with E-state index in [9.17, 15) is 18.0 Å². The highest BCUT2D eigenvalue weighted by Crippen LogP contribution is 2.36. The van der Waals surface area contributed by atoms with Crippen LogP contribution in [0.1, 0.15) is 29.3 Å². The van der Waals surface area contributed by atoms with E-state index >= 15 is 0 Å². The number of carbonyl (C=O) groups is 1. The largest absolute Gasteiger partial charge is 0.497 e. The van der Waals surface area contributed by atoms with Gasteiger partial charge in [-0.1, -0.05) is 12.1 Å². The van der Waals surface area contributed by atoms with Gasteiger partial charge in [0.05, 0.1) is 19.9 Å². The molecule has 1 aromatic heterocycles. The number of aromatic nitrogens is 1. The molecule has 0 N–H and O–H groups in total. The van der Waals surface area contributed by atoms with Gasteiger partial charge in [-0.3, -0.25) is 4.90 Å². The van der Waals surface area contributed by atoms with E-state index in [0.29, 0.717) is 17.8 Å². The molecule has 29 heavy (non-hydrogen) atoms. The predicted molar refractivity (Wildman–Crippen MR) is 99.6 cm³/mol. The van der Waals surface area contributed by atoms with Crippen molar-refractivity contribution in [2.75, 3.05) is 20.8 Å². The fourth-order valence-corrected chi connectivity index (χ4v) is 3.94. The molecule has 0 amide bonds. The SMILES string of the molecule is COC(=O)C1OC(c2csc(C(F)(F)F)n2)CN1C(C)Cc1ccc(OC)cc1. The van der Waals surface area contributed by atoms with E-state index in [0.717, 1.165) is 11.3 Å². The van der Waals surface area contributed by atoms with Crippen molar-refractivity contribution in [1.29, 1.82) is 0 Å². The summed E-state index contributed by atoms with van der Waals surface area (Å²) in [7, 11) is 2.83. The summed E-state index contributed by atoms with van der Waals surface area (Å²) in [6.07, 6.45) is -5.65. The van der Waals surface area contributed by atoms with E-state index in [1.165, 1.54) is 12.5 Å². The standard InChI is InChI=1S/C19H21F3N2O4S/c1-11(8-12-4-6-13(26-2)7-5-12)24-9-15(28-16(24)17(25)27-3)14-10-29-18(23-14)19(20,21)22/h4-7,10-11,15-16H,8-9H2,1-3H3. The minimum Gasteiger partial charge on any atom is -0.497 e. The number of hydrogen-bond acceptors (Lipinski definition) is 7. The Labute approximate surface area is 170 Å². The number of rotatable bonds is 6. The van der Waals surface area contributed by atoms with Crippen LogP contribution in [0.5, 0.6) is 5.75 Å². The number of halogens is 3.